The van der Waals surface area contributed by atoms with Crippen LogP contribution in [0.2, 0.25) is 0 Å². The smallest absolute Gasteiger partial charge is 0.248 e. The number of amides is 3. The van der Waals surface area contributed by atoms with Gasteiger partial charge in [-0.25, -0.2) is 0 Å². The first kappa shape index (κ1) is 13.3. The molecule has 3 amide bonds. The maximum absolute atomic E-state index is 11.1. The maximum Gasteiger partial charge on any atom is 0.248 e. The molecule has 8 nitrogen and oxygen atoms in total. The molecule has 0 saturated carbocycles. The Hall–Kier alpha value is -1.67. The fourth-order valence-electron chi connectivity index (χ4n) is 0.738. The van der Waals surface area contributed by atoms with E-state index in [9.17, 15) is 14.4 Å². The summed E-state index contributed by atoms with van der Waals surface area (Å²) in [4.78, 5) is 31.9. The molecule has 0 radical (unpaired) electrons. The topological polar surface area (TPSA) is 162 Å². The van der Waals surface area contributed by atoms with Gasteiger partial charge in [-0.3, -0.25) is 14.4 Å². The van der Waals surface area contributed by atoms with E-state index in [-0.39, 0.29) is 13.0 Å². The molecule has 0 aliphatic heterocycles. The second-order valence-corrected chi connectivity index (χ2v) is 2.94. The number of carbonyl (C=O) groups excluding carboxylic acids is 3. The van der Waals surface area contributed by atoms with Crippen molar-refractivity contribution in [3.63, 3.8) is 0 Å². The molecule has 0 saturated heterocycles. The zero-order chi connectivity index (χ0) is 12.0. The summed E-state index contributed by atoms with van der Waals surface area (Å²) in [6.45, 7) is -0.347. The van der Waals surface area contributed by atoms with Gasteiger partial charge in [0, 0.05) is 0 Å². The molecule has 8 heteroatoms. The maximum atomic E-state index is 11.1. The second-order valence-electron chi connectivity index (χ2n) is 2.94. The van der Waals surface area contributed by atoms with E-state index in [4.69, 9.17) is 22.3 Å². The fraction of sp³-hybridized carbons (Fsp3) is 0.571. The van der Waals surface area contributed by atoms with Crippen LogP contribution in [0, 0.1) is 0 Å². The number of rotatable bonds is 6. The quantitative estimate of drug-likeness (QED) is 0.308. The van der Waals surface area contributed by atoms with Gasteiger partial charge < -0.3 is 27.6 Å². The Morgan fingerprint density at radius 1 is 1.27 bits per heavy atom. The predicted molar refractivity (Wildman–Crippen MR) is 50.0 cm³/mol. The van der Waals surface area contributed by atoms with Crippen LogP contribution >= 0.6 is 0 Å². The molecule has 0 aromatic rings. The van der Waals surface area contributed by atoms with Crippen LogP contribution in [0.3, 0.4) is 0 Å². The molecule has 0 aliphatic carbocycles. The van der Waals surface area contributed by atoms with Crippen LogP contribution in [-0.2, 0) is 14.4 Å². The van der Waals surface area contributed by atoms with E-state index in [1.807, 2.05) is 0 Å². The molecular formula is C7H14N4O4. The Labute approximate surface area is 85.8 Å². The third kappa shape index (κ3) is 5.60. The summed E-state index contributed by atoms with van der Waals surface area (Å²) in [6, 6.07) is -1.09. The van der Waals surface area contributed by atoms with Crippen molar-refractivity contribution in [2.24, 2.45) is 17.2 Å². The van der Waals surface area contributed by atoms with Crippen LogP contribution in [-0.4, -0.2) is 41.5 Å². The number of hydrogen-bond donors (Lipinski definition) is 5. The van der Waals surface area contributed by atoms with Gasteiger partial charge in [0.25, 0.3) is 0 Å². The molecule has 2 unspecified atom stereocenters. The van der Waals surface area contributed by atoms with Gasteiger partial charge in [0.15, 0.2) is 0 Å². The highest BCUT2D eigenvalue weighted by Crippen LogP contribution is 1.87. The highest BCUT2D eigenvalue weighted by molar-refractivity contribution is 5.88. The van der Waals surface area contributed by atoms with Crippen molar-refractivity contribution >= 4 is 17.7 Å². The molecule has 0 fully saturated rings. The number of primary amides is 2. The molecule has 0 aromatic carbocycles. The van der Waals surface area contributed by atoms with Crippen molar-refractivity contribution in [2.45, 2.75) is 18.6 Å². The van der Waals surface area contributed by atoms with Crippen LogP contribution in [0.1, 0.15) is 6.42 Å². The lowest BCUT2D eigenvalue weighted by Crippen LogP contribution is -2.47. The zero-order valence-electron chi connectivity index (χ0n) is 7.97. The third-order valence-electron chi connectivity index (χ3n) is 1.56. The van der Waals surface area contributed by atoms with Crippen LogP contribution in [0.25, 0.3) is 0 Å². The largest absolute Gasteiger partial charge is 0.381 e. The minimum absolute atomic E-state index is 0.307. The summed E-state index contributed by atoms with van der Waals surface area (Å²) in [5.41, 5.74) is 14.8. The molecule has 0 aromatic heterocycles. The number of aliphatic hydroxyl groups is 1. The lowest BCUT2D eigenvalue weighted by atomic mass is 10.2. The number of carbonyl (C=O) groups is 3. The summed E-state index contributed by atoms with van der Waals surface area (Å²) < 4.78 is 0. The third-order valence-corrected chi connectivity index (χ3v) is 1.56. The molecular weight excluding hydrogens is 204 g/mol. The number of nitrogens with two attached hydrogens (primary N) is 3. The summed E-state index contributed by atoms with van der Waals surface area (Å²) in [5.74, 6) is -2.36. The SMILES string of the molecule is NC(=O)CC(N)C(=O)NCC(O)C(N)=O. The van der Waals surface area contributed by atoms with Gasteiger partial charge in [0.1, 0.15) is 6.10 Å². The highest BCUT2D eigenvalue weighted by atomic mass is 16.3. The molecule has 0 spiro atoms. The highest BCUT2D eigenvalue weighted by Gasteiger charge is 2.18. The fourth-order valence-corrected chi connectivity index (χ4v) is 0.738. The molecule has 2 atom stereocenters. The Morgan fingerprint density at radius 2 is 1.80 bits per heavy atom. The normalized spacial score (nSPS) is 14.0. The Balaban J connectivity index is 3.93. The van der Waals surface area contributed by atoms with E-state index in [1.54, 1.807) is 0 Å². The van der Waals surface area contributed by atoms with E-state index >= 15 is 0 Å². The van der Waals surface area contributed by atoms with Gasteiger partial charge >= 0.3 is 0 Å². The zero-order valence-corrected chi connectivity index (χ0v) is 7.97. The summed E-state index contributed by atoms with van der Waals surface area (Å²) in [5, 5.41) is 11.1. The van der Waals surface area contributed by atoms with Gasteiger partial charge in [-0.1, -0.05) is 0 Å². The Bertz CT molecular complexity index is 268. The van der Waals surface area contributed by atoms with Gasteiger partial charge in [-0.15, -0.1) is 0 Å². The van der Waals surface area contributed by atoms with E-state index in [0.717, 1.165) is 0 Å². The van der Waals surface area contributed by atoms with Crippen LogP contribution in [0.15, 0.2) is 0 Å². The second kappa shape index (κ2) is 5.94. The molecule has 86 valence electrons. The van der Waals surface area contributed by atoms with Crippen LogP contribution in [0.5, 0.6) is 0 Å². The monoisotopic (exact) mass is 218 g/mol. The minimum Gasteiger partial charge on any atom is -0.381 e. The minimum atomic E-state index is -1.48. The first-order valence-electron chi connectivity index (χ1n) is 4.13. The standard InChI is InChI=1S/C7H14N4O4/c8-3(1-5(9)13)7(15)11-2-4(12)6(10)14/h3-4,12H,1-2,8H2,(H2,9,13)(H2,10,14)(H,11,15). The molecule has 0 rings (SSSR count). The number of aliphatic hydroxyl groups excluding tert-OH is 1. The average molecular weight is 218 g/mol. The van der Waals surface area contributed by atoms with E-state index in [1.165, 1.54) is 0 Å². The molecule has 15 heavy (non-hydrogen) atoms. The van der Waals surface area contributed by atoms with E-state index in [0.29, 0.717) is 0 Å². The first-order valence-corrected chi connectivity index (χ1v) is 4.13. The Morgan fingerprint density at radius 3 is 2.20 bits per heavy atom. The average Bonchev–Trinajstić information content (AvgIpc) is 2.12. The van der Waals surface area contributed by atoms with Crippen molar-refractivity contribution < 1.29 is 19.5 Å². The first-order chi connectivity index (χ1) is 6.84. The predicted octanol–water partition coefficient (Wildman–Crippen LogP) is -3.85. The van der Waals surface area contributed by atoms with Crippen molar-refractivity contribution in [1.82, 2.24) is 5.32 Å². The summed E-state index contributed by atoms with van der Waals surface area (Å²) >= 11 is 0. The number of nitrogens with one attached hydrogen (secondary N) is 1. The van der Waals surface area contributed by atoms with Crippen molar-refractivity contribution in [2.75, 3.05) is 6.54 Å². The van der Waals surface area contributed by atoms with Gasteiger partial charge in [-0.05, 0) is 0 Å². The van der Waals surface area contributed by atoms with E-state index in [2.05, 4.69) is 5.32 Å². The van der Waals surface area contributed by atoms with Crippen molar-refractivity contribution in [3.05, 3.63) is 0 Å². The van der Waals surface area contributed by atoms with E-state index < -0.39 is 29.9 Å². The van der Waals surface area contributed by atoms with Gasteiger partial charge in [0.2, 0.25) is 17.7 Å². The van der Waals surface area contributed by atoms with Crippen LogP contribution in [0.4, 0.5) is 0 Å². The lowest BCUT2D eigenvalue weighted by molar-refractivity contribution is -0.129. The summed E-state index contributed by atoms with van der Waals surface area (Å²) in [6.07, 6.45) is -1.78. The molecule has 0 heterocycles. The van der Waals surface area contributed by atoms with Crippen molar-refractivity contribution in [3.8, 4) is 0 Å². The summed E-state index contributed by atoms with van der Waals surface area (Å²) in [7, 11) is 0. The van der Waals surface area contributed by atoms with Crippen LogP contribution < -0.4 is 22.5 Å². The molecule has 8 N–H and O–H groups in total. The van der Waals surface area contributed by atoms with Gasteiger partial charge in [-0.2, -0.15) is 0 Å². The Kier molecular flexibility index (Phi) is 5.27. The molecule has 0 bridgehead atoms. The van der Waals surface area contributed by atoms with Gasteiger partial charge in [0.05, 0.1) is 19.0 Å². The lowest BCUT2D eigenvalue weighted by Gasteiger charge is -2.12. The molecule has 0 aliphatic rings. The number of hydrogen-bond acceptors (Lipinski definition) is 5. The van der Waals surface area contributed by atoms with Crippen molar-refractivity contribution in [1.29, 1.82) is 0 Å².